The predicted octanol–water partition coefficient (Wildman–Crippen LogP) is 4.56. The van der Waals surface area contributed by atoms with E-state index in [1.165, 1.54) is 18.2 Å². The fourth-order valence-corrected chi connectivity index (χ4v) is 2.55. The minimum Gasteiger partial charge on any atom is -0.455 e. The minimum absolute atomic E-state index is 0.0778. The maximum absolute atomic E-state index is 13.6. The maximum Gasteiger partial charge on any atom is 0.170 e. The van der Waals surface area contributed by atoms with Crippen LogP contribution in [0.15, 0.2) is 51.4 Å². The normalized spacial score (nSPS) is 12.8. The van der Waals surface area contributed by atoms with E-state index < -0.39 is 17.7 Å². The molecule has 1 unspecified atom stereocenters. The highest BCUT2D eigenvalue weighted by Crippen LogP contribution is 2.33. The van der Waals surface area contributed by atoms with Gasteiger partial charge in [-0.25, -0.2) is 8.78 Å². The van der Waals surface area contributed by atoms with Gasteiger partial charge < -0.3 is 9.52 Å². The van der Waals surface area contributed by atoms with Crippen LogP contribution in [0.4, 0.5) is 8.78 Å². The second-order valence-corrected chi connectivity index (χ2v) is 5.15. The SMILES string of the molecule is OC(c1cc2cccc(F)c2o1)c1cccc(F)c1Br. The third-order valence-corrected chi connectivity index (χ3v) is 3.90. The molecule has 2 aromatic carbocycles. The Morgan fingerprint density at radius 1 is 1.05 bits per heavy atom. The first-order valence-corrected chi connectivity index (χ1v) is 6.67. The third-order valence-electron chi connectivity index (χ3n) is 3.06. The highest BCUT2D eigenvalue weighted by Gasteiger charge is 2.20. The summed E-state index contributed by atoms with van der Waals surface area (Å²) in [5, 5.41) is 10.8. The van der Waals surface area contributed by atoms with Gasteiger partial charge in [-0.1, -0.05) is 24.3 Å². The molecular weight excluding hydrogens is 330 g/mol. The van der Waals surface area contributed by atoms with Gasteiger partial charge in [0.2, 0.25) is 0 Å². The predicted molar refractivity (Wildman–Crippen MR) is 74.3 cm³/mol. The summed E-state index contributed by atoms with van der Waals surface area (Å²) in [6, 6.07) is 10.4. The number of halogens is 3. The van der Waals surface area contributed by atoms with Crippen LogP contribution in [-0.4, -0.2) is 5.11 Å². The van der Waals surface area contributed by atoms with Crippen molar-refractivity contribution in [2.45, 2.75) is 6.10 Å². The van der Waals surface area contributed by atoms with Gasteiger partial charge in [-0.2, -0.15) is 0 Å². The lowest BCUT2D eigenvalue weighted by molar-refractivity contribution is 0.190. The fourth-order valence-electron chi connectivity index (χ4n) is 2.07. The summed E-state index contributed by atoms with van der Waals surface area (Å²) >= 11 is 3.09. The van der Waals surface area contributed by atoms with Crippen molar-refractivity contribution >= 4 is 26.9 Å². The Morgan fingerprint density at radius 2 is 1.75 bits per heavy atom. The fraction of sp³-hybridized carbons (Fsp3) is 0.0667. The zero-order chi connectivity index (χ0) is 14.3. The molecule has 1 N–H and O–H groups in total. The van der Waals surface area contributed by atoms with Crippen molar-refractivity contribution in [2.75, 3.05) is 0 Å². The summed E-state index contributed by atoms with van der Waals surface area (Å²) in [4.78, 5) is 0. The molecule has 1 atom stereocenters. The maximum atomic E-state index is 13.6. The first kappa shape index (κ1) is 13.3. The highest BCUT2D eigenvalue weighted by atomic mass is 79.9. The van der Waals surface area contributed by atoms with E-state index in [9.17, 15) is 13.9 Å². The van der Waals surface area contributed by atoms with Crippen LogP contribution < -0.4 is 0 Å². The molecular formula is C15H9BrF2O2. The van der Waals surface area contributed by atoms with Crippen LogP contribution in [0.5, 0.6) is 0 Å². The monoisotopic (exact) mass is 338 g/mol. The van der Waals surface area contributed by atoms with E-state index in [1.807, 2.05) is 0 Å². The van der Waals surface area contributed by atoms with Crippen LogP contribution in [0.25, 0.3) is 11.0 Å². The zero-order valence-corrected chi connectivity index (χ0v) is 11.7. The lowest BCUT2D eigenvalue weighted by Crippen LogP contribution is -2.00. The van der Waals surface area contributed by atoms with Gasteiger partial charge >= 0.3 is 0 Å². The molecule has 0 amide bonds. The summed E-state index contributed by atoms with van der Waals surface area (Å²) in [6.45, 7) is 0. The number of hydrogen-bond donors (Lipinski definition) is 1. The molecule has 2 nitrogen and oxygen atoms in total. The van der Waals surface area contributed by atoms with Gasteiger partial charge in [0.25, 0.3) is 0 Å². The van der Waals surface area contributed by atoms with Crippen molar-refractivity contribution in [1.82, 2.24) is 0 Å². The van der Waals surface area contributed by atoms with E-state index in [0.29, 0.717) is 10.9 Å². The van der Waals surface area contributed by atoms with Gasteiger partial charge in [0.1, 0.15) is 17.7 Å². The van der Waals surface area contributed by atoms with Gasteiger partial charge in [-0.15, -0.1) is 0 Å². The summed E-state index contributed by atoms with van der Waals surface area (Å²) in [5.74, 6) is -0.820. The van der Waals surface area contributed by atoms with E-state index in [-0.39, 0.29) is 15.8 Å². The minimum atomic E-state index is -1.17. The van der Waals surface area contributed by atoms with Crippen molar-refractivity contribution in [3.8, 4) is 0 Å². The molecule has 0 aliphatic carbocycles. The second-order valence-electron chi connectivity index (χ2n) is 4.35. The second kappa shape index (κ2) is 5.00. The van der Waals surface area contributed by atoms with Crippen molar-refractivity contribution in [3.05, 3.63) is 69.9 Å². The lowest BCUT2D eigenvalue weighted by Gasteiger charge is -2.10. The number of aliphatic hydroxyl groups is 1. The molecule has 3 aromatic rings. The molecule has 3 rings (SSSR count). The summed E-state index contributed by atoms with van der Waals surface area (Å²) in [5.41, 5.74) is 0.401. The molecule has 0 saturated carbocycles. The van der Waals surface area contributed by atoms with Gasteiger partial charge in [-0.05, 0) is 34.1 Å². The summed E-state index contributed by atoms with van der Waals surface area (Å²) in [7, 11) is 0. The van der Waals surface area contributed by atoms with Crippen LogP contribution in [0, 0.1) is 11.6 Å². The smallest absolute Gasteiger partial charge is 0.170 e. The number of benzene rings is 2. The third kappa shape index (κ3) is 2.13. The van der Waals surface area contributed by atoms with E-state index in [0.717, 1.165) is 0 Å². The Balaban J connectivity index is 2.10. The number of hydrogen-bond acceptors (Lipinski definition) is 2. The van der Waals surface area contributed by atoms with Gasteiger partial charge in [0.15, 0.2) is 11.4 Å². The van der Waals surface area contributed by atoms with Gasteiger partial charge in [0, 0.05) is 10.9 Å². The Hall–Kier alpha value is -1.72. The van der Waals surface area contributed by atoms with Crippen molar-refractivity contribution in [3.63, 3.8) is 0 Å². The largest absolute Gasteiger partial charge is 0.455 e. The average molecular weight is 339 g/mol. The number of furan rings is 1. The van der Waals surface area contributed by atoms with Crippen molar-refractivity contribution in [2.24, 2.45) is 0 Å². The summed E-state index contributed by atoms with van der Waals surface area (Å²) < 4.78 is 32.5. The molecule has 0 aliphatic rings. The number of fused-ring (bicyclic) bond motifs is 1. The summed E-state index contributed by atoms with van der Waals surface area (Å²) in [6.07, 6.45) is -1.17. The topological polar surface area (TPSA) is 33.4 Å². The molecule has 0 radical (unpaired) electrons. The first-order chi connectivity index (χ1) is 9.58. The van der Waals surface area contributed by atoms with Gasteiger partial charge in [-0.3, -0.25) is 0 Å². The molecule has 0 fully saturated rings. The van der Waals surface area contributed by atoms with Crippen LogP contribution in [0.2, 0.25) is 0 Å². The number of para-hydroxylation sites is 1. The number of aliphatic hydroxyl groups excluding tert-OH is 1. The van der Waals surface area contributed by atoms with Gasteiger partial charge in [0.05, 0.1) is 4.47 Å². The van der Waals surface area contributed by atoms with Crippen molar-refractivity contribution in [1.29, 1.82) is 0 Å². The van der Waals surface area contributed by atoms with E-state index >= 15 is 0 Å². The van der Waals surface area contributed by atoms with Crippen LogP contribution in [0.1, 0.15) is 17.4 Å². The molecule has 1 aromatic heterocycles. The van der Waals surface area contributed by atoms with Crippen LogP contribution in [0.3, 0.4) is 0 Å². The molecule has 20 heavy (non-hydrogen) atoms. The standard InChI is InChI=1S/C15H9BrF2O2/c16-13-9(4-2-5-10(13)17)14(19)12-7-8-3-1-6-11(18)15(8)20-12/h1-7,14,19H. The quantitative estimate of drug-likeness (QED) is 0.743. The van der Waals surface area contributed by atoms with Crippen LogP contribution in [-0.2, 0) is 0 Å². The van der Waals surface area contributed by atoms with Crippen molar-refractivity contribution < 1.29 is 18.3 Å². The number of rotatable bonds is 2. The Kier molecular flexibility index (Phi) is 3.31. The highest BCUT2D eigenvalue weighted by molar-refractivity contribution is 9.10. The van der Waals surface area contributed by atoms with Crippen LogP contribution >= 0.6 is 15.9 Å². The van der Waals surface area contributed by atoms with E-state index in [1.54, 1.807) is 24.3 Å². The molecule has 0 bridgehead atoms. The Morgan fingerprint density at radius 3 is 2.50 bits per heavy atom. The Labute approximate surface area is 121 Å². The lowest BCUT2D eigenvalue weighted by atomic mass is 10.1. The molecule has 0 aliphatic heterocycles. The van der Waals surface area contributed by atoms with E-state index in [2.05, 4.69) is 15.9 Å². The Bertz CT molecular complexity index is 783. The zero-order valence-electron chi connectivity index (χ0n) is 10.1. The molecule has 102 valence electrons. The molecule has 0 saturated heterocycles. The first-order valence-electron chi connectivity index (χ1n) is 5.88. The molecule has 5 heteroatoms. The molecule has 0 spiro atoms. The molecule has 1 heterocycles. The average Bonchev–Trinajstić information content (AvgIpc) is 2.87. The van der Waals surface area contributed by atoms with E-state index in [4.69, 9.17) is 4.42 Å².